The summed E-state index contributed by atoms with van der Waals surface area (Å²) in [5.41, 5.74) is 10.6. The zero-order valence-electron chi connectivity index (χ0n) is 16.2. The van der Waals surface area contributed by atoms with Gasteiger partial charge in [-0.05, 0) is 56.6 Å². The Bertz CT molecular complexity index is 1350. The average Bonchev–Trinajstić information content (AvgIpc) is 2.79. The first-order chi connectivity index (χ1) is 14.4. The van der Waals surface area contributed by atoms with E-state index in [-0.39, 0.29) is 0 Å². The molecule has 2 heterocycles. The number of fused-ring (bicyclic) bond motifs is 8. The van der Waals surface area contributed by atoms with Crippen LogP contribution in [0.3, 0.4) is 0 Å². The molecule has 0 nitrogen and oxygen atoms in total. The molecule has 0 amide bonds. The van der Waals surface area contributed by atoms with Crippen LogP contribution in [0.15, 0.2) is 91.0 Å². The third-order valence-electron chi connectivity index (χ3n) is 7.09. The van der Waals surface area contributed by atoms with Gasteiger partial charge in [0.2, 0.25) is 6.71 Å². The normalized spacial score (nSPS) is 13.9. The summed E-state index contributed by atoms with van der Waals surface area (Å²) in [6.07, 6.45) is 2.08. The summed E-state index contributed by atoms with van der Waals surface area (Å²) in [6.45, 7) is 0.350. The van der Waals surface area contributed by atoms with Crippen LogP contribution in [-0.2, 0) is 12.8 Å². The second-order valence-electron chi connectivity index (χ2n) is 8.49. The van der Waals surface area contributed by atoms with E-state index in [9.17, 15) is 0 Å². The molecule has 0 N–H and O–H groups in total. The highest BCUT2D eigenvalue weighted by Gasteiger charge is 2.37. The third kappa shape index (κ3) is 2.05. The van der Waals surface area contributed by atoms with Gasteiger partial charge in [-0.15, -0.1) is 0 Å². The van der Waals surface area contributed by atoms with E-state index in [0.29, 0.717) is 6.71 Å². The minimum atomic E-state index is 0.350. The summed E-state index contributed by atoms with van der Waals surface area (Å²) in [5.74, 6) is 0. The molecule has 7 rings (SSSR count). The van der Waals surface area contributed by atoms with Crippen molar-refractivity contribution in [2.45, 2.75) is 12.8 Å². The first kappa shape index (κ1) is 15.6. The van der Waals surface area contributed by atoms with Crippen LogP contribution in [0.25, 0.3) is 21.5 Å². The van der Waals surface area contributed by atoms with Crippen molar-refractivity contribution in [1.82, 2.24) is 0 Å². The Labute approximate surface area is 170 Å². The molecule has 0 unspecified atom stereocenters. The lowest BCUT2D eigenvalue weighted by Crippen LogP contribution is -2.61. The van der Waals surface area contributed by atoms with Gasteiger partial charge < -0.3 is 0 Å². The summed E-state index contributed by atoms with van der Waals surface area (Å²) in [6, 6.07) is 34.1. The molecule has 134 valence electrons. The Balaban J connectivity index is 1.60. The monoisotopic (exact) mass is 366 g/mol. The van der Waals surface area contributed by atoms with Crippen LogP contribution >= 0.6 is 0 Å². The van der Waals surface area contributed by atoms with Gasteiger partial charge in [-0.25, -0.2) is 0 Å². The highest BCUT2D eigenvalue weighted by molar-refractivity contribution is 6.97. The first-order valence-corrected chi connectivity index (χ1v) is 10.5. The number of hydrogen-bond acceptors (Lipinski definition) is 0. The topological polar surface area (TPSA) is 0 Å². The highest BCUT2D eigenvalue weighted by atomic mass is 14.2. The Hall–Kier alpha value is -3.32. The quantitative estimate of drug-likeness (QED) is 0.351. The lowest BCUT2D eigenvalue weighted by Gasteiger charge is -2.35. The molecule has 0 aliphatic carbocycles. The van der Waals surface area contributed by atoms with Crippen molar-refractivity contribution in [3.63, 3.8) is 0 Å². The van der Waals surface area contributed by atoms with Gasteiger partial charge in [-0.2, -0.15) is 0 Å². The summed E-state index contributed by atoms with van der Waals surface area (Å²) >= 11 is 0. The van der Waals surface area contributed by atoms with E-state index < -0.39 is 0 Å². The summed E-state index contributed by atoms with van der Waals surface area (Å²) in [5, 5.41) is 5.52. The summed E-state index contributed by atoms with van der Waals surface area (Å²) < 4.78 is 0. The zero-order valence-corrected chi connectivity index (χ0v) is 16.2. The van der Waals surface area contributed by atoms with E-state index in [0.717, 1.165) is 12.8 Å². The average molecular weight is 366 g/mol. The Morgan fingerprint density at radius 3 is 1.55 bits per heavy atom. The Morgan fingerprint density at radius 2 is 1.00 bits per heavy atom. The molecule has 0 radical (unpaired) electrons. The van der Waals surface area contributed by atoms with Crippen molar-refractivity contribution in [2.24, 2.45) is 0 Å². The molecular formula is C28H19B. The molecule has 2 aliphatic heterocycles. The summed E-state index contributed by atoms with van der Waals surface area (Å²) in [4.78, 5) is 0. The van der Waals surface area contributed by atoms with Crippen LogP contribution in [0, 0.1) is 0 Å². The predicted octanol–water partition coefficient (Wildman–Crippen LogP) is 4.32. The van der Waals surface area contributed by atoms with Gasteiger partial charge in [0.1, 0.15) is 0 Å². The molecular weight excluding hydrogens is 347 g/mol. The zero-order chi connectivity index (χ0) is 18.9. The maximum Gasteiger partial charge on any atom is 0.242 e. The first-order valence-electron chi connectivity index (χ1n) is 10.5. The van der Waals surface area contributed by atoms with Crippen molar-refractivity contribution in [1.29, 1.82) is 0 Å². The van der Waals surface area contributed by atoms with Gasteiger partial charge >= 0.3 is 0 Å². The van der Waals surface area contributed by atoms with Crippen molar-refractivity contribution in [2.75, 3.05) is 0 Å². The van der Waals surface area contributed by atoms with Crippen LogP contribution in [0.2, 0.25) is 0 Å². The molecule has 0 spiro atoms. The van der Waals surface area contributed by atoms with E-state index >= 15 is 0 Å². The minimum Gasteiger partial charge on any atom is -0.0660 e. The molecule has 2 aliphatic rings. The van der Waals surface area contributed by atoms with E-state index in [2.05, 4.69) is 91.0 Å². The van der Waals surface area contributed by atoms with Crippen molar-refractivity contribution >= 4 is 44.6 Å². The van der Waals surface area contributed by atoms with Gasteiger partial charge in [0.05, 0.1) is 0 Å². The Kier molecular flexibility index (Phi) is 3.02. The van der Waals surface area contributed by atoms with Gasteiger partial charge in [-0.3, -0.25) is 0 Å². The molecule has 0 aromatic heterocycles. The Morgan fingerprint density at radius 1 is 0.483 bits per heavy atom. The fourth-order valence-corrected chi connectivity index (χ4v) is 5.85. The molecule has 0 saturated heterocycles. The predicted molar refractivity (Wildman–Crippen MR) is 125 cm³/mol. The van der Waals surface area contributed by atoms with E-state index in [1.165, 1.54) is 54.7 Å². The van der Waals surface area contributed by atoms with Crippen molar-refractivity contribution in [3.05, 3.63) is 113 Å². The lowest BCUT2D eigenvalue weighted by atomic mass is 9.30. The van der Waals surface area contributed by atoms with Crippen LogP contribution in [-0.4, -0.2) is 6.71 Å². The second kappa shape index (κ2) is 5.61. The molecule has 1 heteroatoms. The maximum atomic E-state index is 2.40. The molecule has 0 fully saturated rings. The van der Waals surface area contributed by atoms with Gasteiger partial charge in [-0.1, -0.05) is 107 Å². The molecule has 0 atom stereocenters. The highest BCUT2D eigenvalue weighted by Crippen LogP contribution is 2.29. The largest absolute Gasteiger partial charge is 0.242 e. The number of benzene rings is 5. The molecule has 0 bridgehead atoms. The van der Waals surface area contributed by atoms with E-state index in [1.807, 2.05) is 0 Å². The molecule has 0 saturated carbocycles. The maximum absolute atomic E-state index is 2.40. The van der Waals surface area contributed by atoms with Crippen LogP contribution in [0.4, 0.5) is 0 Å². The van der Waals surface area contributed by atoms with Gasteiger partial charge in [0.25, 0.3) is 0 Å². The number of rotatable bonds is 0. The summed E-state index contributed by atoms with van der Waals surface area (Å²) in [7, 11) is 0. The van der Waals surface area contributed by atoms with Crippen LogP contribution in [0.5, 0.6) is 0 Å². The lowest BCUT2D eigenvalue weighted by molar-refractivity contribution is 1.16. The van der Waals surface area contributed by atoms with Crippen LogP contribution < -0.4 is 16.4 Å². The van der Waals surface area contributed by atoms with E-state index in [4.69, 9.17) is 0 Å². The smallest absolute Gasteiger partial charge is 0.0660 e. The molecule has 29 heavy (non-hydrogen) atoms. The van der Waals surface area contributed by atoms with Crippen molar-refractivity contribution in [3.8, 4) is 0 Å². The van der Waals surface area contributed by atoms with Gasteiger partial charge in [0, 0.05) is 0 Å². The standard InChI is InChI=1S/C28H19B/c1-3-10-22-18(6-1)12-14-26-24(22)16-20-8-5-9-21-17-25-23-11-4-2-7-19(23)13-15-27(25)29(26)28(20)21/h1-15H,16-17H2. The van der Waals surface area contributed by atoms with E-state index in [1.54, 1.807) is 5.46 Å². The number of hydrogen-bond donors (Lipinski definition) is 0. The van der Waals surface area contributed by atoms with Crippen molar-refractivity contribution < 1.29 is 0 Å². The SMILES string of the molecule is c1cc2c3c(c1)Cc1c(ccc4ccccc14)B3c1ccc3ccccc3c1C2. The fourth-order valence-electron chi connectivity index (χ4n) is 5.85. The minimum absolute atomic E-state index is 0.350. The fraction of sp³-hybridized carbons (Fsp3) is 0.0714. The third-order valence-corrected chi connectivity index (χ3v) is 7.09. The molecule has 5 aromatic rings. The van der Waals surface area contributed by atoms with Gasteiger partial charge in [0.15, 0.2) is 0 Å². The van der Waals surface area contributed by atoms with Crippen LogP contribution in [0.1, 0.15) is 22.3 Å². The second-order valence-corrected chi connectivity index (χ2v) is 8.49. The molecule has 5 aromatic carbocycles.